The van der Waals surface area contributed by atoms with E-state index in [0.29, 0.717) is 0 Å². The van der Waals surface area contributed by atoms with Gasteiger partial charge in [-0.3, -0.25) is 29.8 Å². The second-order valence-corrected chi connectivity index (χ2v) is 4.71. The molecule has 2 heterocycles. The van der Waals surface area contributed by atoms with Crippen LogP contribution in [0.4, 0.5) is 0 Å². The molecular formula is C13H10N2O5. The molecule has 0 aromatic heterocycles. The molecular weight excluding hydrogens is 264 g/mol. The van der Waals surface area contributed by atoms with Crippen LogP contribution < -0.4 is 10.6 Å². The van der Waals surface area contributed by atoms with E-state index < -0.39 is 23.6 Å². The van der Waals surface area contributed by atoms with Crippen LogP contribution in [0, 0.1) is 0 Å². The minimum Gasteiger partial charge on any atom is -0.508 e. The van der Waals surface area contributed by atoms with Crippen LogP contribution in [-0.4, -0.2) is 28.7 Å². The first kappa shape index (κ1) is 12.3. The number of hydrogen-bond donors (Lipinski definition) is 3. The van der Waals surface area contributed by atoms with Gasteiger partial charge in [0.15, 0.2) is 0 Å². The molecule has 7 nitrogen and oxygen atoms in total. The highest BCUT2D eigenvalue weighted by Gasteiger charge is 2.38. The van der Waals surface area contributed by atoms with E-state index >= 15 is 0 Å². The second-order valence-electron chi connectivity index (χ2n) is 4.71. The predicted octanol–water partition coefficient (Wildman–Crippen LogP) is -0.204. The van der Waals surface area contributed by atoms with Gasteiger partial charge in [0.05, 0.1) is 17.0 Å². The third kappa shape index (κ3) is 1.67. The van der Waals surface area contributed by atoms with E-state index in [4.69, 9.17) is 0 Å². The van der Waals surface area contributed by atoms with E-state index in [1.807, 2.05) is 0 Å². The van der Waals surface area contributed by atoms with Gasteiger partial charge in [0, 0.05) is 12.0 Å². The fourth-order valence-corrected chi connectivity index (χ4v) is 2.60. The van der Waals surface area contributed by atoms with Crippen molar-refractivity contribution < 1.29 is 24.3 Å². The standard InChI is InChI=1S/C13H10N2O5/c16-7-3-1-6-10(13(20)15-12(6)19)9(7)5-2-4-8(17)14-11(5)18/h1,3,5,16H,2,4H2,(H,14,17,18)(H,15,19,20). The quantitative estimate of drug-likeness (QED) is 0.614. The first-order valence-electron chi connectivity index (χ1n) is 6.04. The Morgan fingerprint density at radius 1 is 1.05 bits per heavy atom. The van der Waals surface area contributed by atoms with Crippen molar-refractivity contribution in [1.29, 1.82) is 0 Å². The number of rotatable bonds is 1. The van der Waals surface area contributed by atoms with Crippen LogP contribution >= 0.6 is 0 Å². The molecule has 3 rings (SSSR count). The van der Waals surface area contributed by atoms with Crippen LogP contribution in [0.25, 0.3) is 0 Å². The summed E-state index contributed by atoms with van der Waals surface area (Å²) in [5, 5.41) is 14.3. The number of hydrogen-bond acceptors (Lipinski definition) is 5. The molecule has 1 fully saturated rings. The second kappa shape index (κ2) is 4.16. The SMILES string of the molecule is O=C1CCC(c2c(O)ccc3c2C(=O)NC3=O)C(=O)N1. The van der Waals surface area contributed by atoms with Crippen LogP contribution in [0.1, 0.15) is 45.0 Å². The van der Waals surface area contributed by atoms with E-state index in [-0.39, 0.29) is 41.2 Å². The molecule has 0 spiro atoms. The zero-order valence-corrected chi connectivity index (χ0v) is 10.2. The number of carbonyl (C=O) groups is 4. The van der Waals surface area contributed by atoms with Gasteiger partial charge in [-0.1, -0.05) is 0 Å². The van der Waals surface area contributed by atoms with Gasteiger partial charge in [0.2, 0.25) is 11.8 Å². The van der Waals surface area contributed by atoms with E-state index in [0.717, 1.165) is 0 Å². The largest absolute Gasteiger partial charge is 0.508 e. The smallest absolute Gasteiger partial charge is 0.259 e. The van der Waals surface area contributed by atoms with Crippen LogP contribution in [0.5, 0.6) is 5.75 Å². The average molecular weight is 274 g/mol. The van der Waals surface area contributed by atoms with Crippen molar-refractivity contribution in [3.05, 3.63) is 28.8 Å². The summed E-state index contributed by atoms with van der Waals surface area (Å²) >= 11 is 0. The number of amides is 4. The summed E-state index contributed by atoms with van der Waals surface area (Å²) in [6.45, 7) is 0. The van der Waals surface area contributed by atoms with Crippen molar-refractivity contribution in [1.82, 2.24) is 10.6 Å². The van der Waals surface area contributed by atoms with Gasteiger partial charge in [0.1, 0.15) is 5.75 Å². The van der Waals surface area contributed by atoms with Crippen LogP contribution in [0.15, 0.2) is 12.1 Å². The Balaban J connectivity index is 2.15. The molecule has 0 aliphatic carbocycles. The molecule has 4 amide bonds. The Morgan fingerprint density at radius 3 is 2.50 bits per heavy atom. The molecule has 7 heteroatoms. The Bertz CT molecular complexity index is 680. The number of phenolic OH excluding ortho intramolecular Hbond substituents is 1. The number of phenols is 1. The number of benzene rings is 1. The third-order valence-corrected chi connectivity index (χ3v) is 3.51. The Labute approximate surface area is 113 Å². The van der Waals surface area contributed by atoms with Crippen molar-refractivity contribution in [3.63, 3.8) is 0 Å². The van der Waals surface area contributed by atoms with Crippen LogP contribution in [0.3, 0.4) is 0 Å². The van der Waals surface area contributed by atoms with E-state index in [1.54, 1.807) is 0 Å². The minimum absolute atomic E-state index is 0.0181. The minimum atomic E-state index is -0.820. The Hall–Kier alpha value is -2.70. The van der Waals surface area contributed by atoms with Gasteiger partial charge in [-0.05, 0) is 18.6 Å². The number of piperidine rings is 1. The van der Waals surface area contributed by atoms with Gasteiger partial charge in [-0.15, -0.1) is 0 Å². The van der Waals surface area contributed by atoms with Crippen molar-refractivity contribution in [2.45, 2.75) is 18.8 Å². The van der Waals surface area contributed by atoms with Crippen molar-refractivity contribution in [2.75, 3.05) is 0 Å². The van der Waals surface area contributed by atoms with E-state index in [9.17, 15) is 24.3 Å². The first-order valence-corrected chi connectivity index (χ1v) is 6.04. The zero-order valence-electron chi connectivity index (χ0n) is 10.2. The van der Waals surface area contributed by atoms with Crippen molar-refractivity contribution in [3.8, 4) is 5.75 Å². The highest BCUT2D eigenvalue weighted by molar-refractivity contribution is 6.23. The summed E-state index contributed by atoms with van der Waals surface area (Å²) in [5.41, 5.74) is 0.257. The van der Waals surface area contributed by atoms with Gasteiger partial charge in [0.25, 0.3) is 11.8 Å². The highest BCUT2D eigenvalue weighted by Crippen LogP contribution is 2.37. The summed E-state index contributed by atoms with van der Waals surface area (Å²) in [6, 6.07) is 2.61. The van der Waals surface area contributed by atoms with Crippen molar-refractivity contribution >= 4 is 23.6 Å². The van der Waals surface area contributed by atoms with Crippen molar-refractivity contribution in [2.24, 2.45) is 0 Å². The Kier molecular flexibility index (Phi) is 2.56. The molecule has 20 heavy (non-hydrogen) atoms. The molecule has 0 radical (unpaired) electrons. The highest BCUT2D eigenvalue weighted by atomic mass is 16.3. The first-order chi connectivity index (χ1) is 9.49. The number of fused-ring (bicyclic) bond motifs is 1. The topological polar surface area (TPSA) is 113 Å². The summed E-state index contributed by atoms with van der Waals surface area (Å²) in [7, 11) is 0. The lowest BCUT2D eigenvalue weighted by Crippen LogP contribution is -2.40. The molecule has 0 saturated carbocycles. The Morgan fingerprint density at radius 2 is 1.80 bits per heavy atom. The summed E-state index contributed by atoms with van der Waals surface area (Å²) in [5.74, 6) is -3.21. The number of aromatic hydroxyl groups is 1. The van der Waals surface area contributed by atoms with Gasteiger partial charge < -0.3 is 5.11 Å². The third-order valence-electron chi connectivity index (χ3n) is 3.51. The number of imide groups is 2. The summed E-state index contributed by atoms with van der Waals surface area (Å²) in [6.07, 6.45) is 0.311. The maximum Gasteiger partial charge on any atom is 0.259 e. The van der Waals surface area contributed by atoms with E-state index in [2.05, 4.69) is 10.6 Å². The fraction of sp³-hybridized carbons (Fsp3) is 0.231. The summed E-state index contributed by atoms with van der Waals surface area (Å²) in [4.78, 5) is 46.5. The normalized spacial score (nSPS) is 21.5. The molecule has 1 aromatic carbocycles. The van der Waals surface area contributed by atoms with Crippen LogP contribution in [0.2, 0.25) is 0 Å². The lowest BCUT2D eigenvalue weighted by Gasteiger charge is -2.23. The van der Waals surface area contributed by atoms with Gasteiger partial charge in [-0.2, -0.15) is 0 Å². The molecule has 1 unspecified atom stereocenters. The maximum atomic E-state index is 11.9. The van der Waals surface area contributed by atoms with Gasteiger partial charge in [-0.25, -0.2) is 0 Å². The van der Waals surface area contributed by atoms with Crippen LogP contribution in [-0.2, 0) is 9.59 Å². The lowest BCUT2D eigenvalue weighted by molar-refractivity contribution is -0.134. The van der Waals surface area contributed by atoms with Gasteiger partial charge >= 0.3 is 0 Å². The molecule has 102 valence electrons. The molecule has 0 bridgehead atoms. The summed E-state index contributed by atoms with van der Waals surface area (Å²) < 4.78 is 0. The molecule has 3 N–H and O–H groups in total. The predicted molar refractivity (Wildman–Crippen MR) is 65.0 cm³/mol. The monoisotopic (exact) mass is 274 g/mol. The van der Waals surface area contributed by atoms with E-state index in [1.165, 1.54) is 12.1 Å². The fourth-order valence-electron chi connectivity index (χ4n) is 2.60. The molecule has 1 atom stereocenters. The molecule has 1 aromatic rings. The maximum absolute atomic E-state index is 11.9. The molecule has 1 saturated heterocycles. The molecule has 2 aliphatic rings. The number of nitrogens with one attached hydrogen (secondary N) is 2. The lowest BCUT2D eigenvalue weighted by atomic mass is 9.85. The molecule has 2 aliphatic heterocycles. The zero-order chi connectivity index (χ0) is 14.4. The average Bonchev–Trinajstić information content (AvgIpc) is 2.66. The number of carbonyl (C=O) groups excluding carboxylic acids is 4.